The van der Waals surface area contributed by atoms with Crippen LogP contribution in [0.5, 0.6) is 11.5 Å². The molecule has 1 fully saturated rings. The predicted octanol–water partition coefficient (Wildman–Crippen LogP) is 1.79. The fourth-order valence-electron chi connectivity index (χ4n) is 2.78. The van der Waals surface area contributed by atoms with Crippen molar-refractivity contribution in [3.63, 3.8) is 0 Å². The van der Waals surface area contributed by atoms with Crippen molar-refractivity contribution in [1.82, 2.24) is 4.90 Å². The van der Waals surface area contributed by atoms with Gasteiger partial charge in [0.15, 0.2) is 11.5 Å². The van der Waals surface area contributed by atoms with E-state index in [2.05, 4.69) is 0 Å². The smallest absolute Gasteiger partial charge is 0.306 e. The second-order valence-electron chi connectivity index (χ2n) is 5.67. The summed E-state index contributed by atoms with van der Waals surface area (Å²) in [6.07, 6.45) is 4.29. The Kier molecular flexibility index (Phi) is 4.50. The van der Waals surface area contributed by atoms with Crippen LogP contribution in [0.3, 0.4) is 0 Å². The maximum Gasteiger partial charge on any atom is 0.306 e. The van der Waals surface area contributed by atoms with Gasteiger partial charge < -0.3 is 19.5 Å². The number of benzene rings is 1. The first kappa shape index (κ1) is 15.4. The maximum absolute atomic E-state index is 12.2. The van der Waals surface area contributed by atoms with E-state index in [0.29, 0.717) is 44.9 Å². The molecule has 0 unspecified atom stereocenters. The predicted molar refractivity (Wildman–Crippen MR) is 83.4 cm³/mol. The second-order valence-corrected chi connectivity index (χ2v) is 5.67. The lowest BCUT2D eigenvalue weighted by Crippen LogP contribution is -2.39. The average Bonchev–Trinajstić information content (AvgIpc) is 2.59. The minimum Gasteiger partial charge on any atom is -0.486 e. The summed E-state index contributed by atoms with van der Waals surface area (Å²) in [7, 11) is 0. The van der Waals surface area contributed by atoms with Gasteiger partial charge in [0.1, 0.15) is 13.2 Å². The lowest BCUT2D eigenvalue weighted by atomic mass is 9.97. The Labute approximate surface area is 134 Å². The third-order valence-corrected chi connectivity index (χ3v) is 4.14. The maximum atomic E-state index is 12.2. The van der Waals surface area contributed by atoms with Crippen molar-refractivity contribution < 1.29 is 24.2 Å². The summed E-state index contributed by atoms with van der Waals surface area (Å²) in [6, 6.07) is 5.54. The molecule has 2 aliphatic rings. The normalized spacial score (nSPS) is 18.2. The van der Waals surface area contributed by atoms with Crippen LogP contribution in [-0.2, 0) is 9.59 Å². The molecule has 1 aromatic carbocycles. The molecule has 0 saturated carbocycles. The number of piperidine rings is 1. The number of ether oxygens (including phenoxy) is 2. The Hall–Kier alpha value is -2.50. The van der Waals surface area contributed by atoms with Gasteiger partial charge in [-0.05, 0) is 36.6 Å². The first-order valence-corrected chi connectivity index (χ1v) is 7.73. The number of amides is 1. The van der Waals surface area contributed by atoms with Crippen molar-refractivity contribution in [1.29, 1.82) is 0 Å². The number of carbonyl (C=O) groups is 2. The van der Waals surface area contributed by atoms with E-state index >= 15 is 0 Å². The van der Waals surface area contributed by atoms with Crippen molar-refractivity contribution in [3.8, 4) is 11.5 Å². The van der Waals surface area contributed by atoms with E-state index in [1.807, 2.05) is 18.2 Å². The standard InChI is InChI=1S/C17H19NO5/c19-16(18-7-5-13(6-8-18)17(20)21)4-2-12-1-3-14-15(11-12)23-10-9-22-14/h1-4,11,13H,5-10H2,(H,20,21). The van der Waals surface area contributed by atoms with Crippen LogP contribution >= 0.6 is 0 Å². The number of fused-ring (bicyclic) bond motifs is 1. The average molecular weight is 317 g/mol. The van der Waals surface area contributed by atoms with Gasteiger partial charge in [0.25, 0.3) is 0 Å². The number of carboxylic acid groups (broad SMARTS) is 1. The molecule has 0 atom stereocenters. The highest BCUT2D eigenvalue weighted by Crippen LogP contribution is 2.31. The van der Waals surface area contributed by atoms with Gasteiger partial charge in [0.05, 0.1) is 5.92 Å². The first-order chi connectivity index (χ1) is 11.1. The quantitative estimate of drug-likeness (QED) is 0.860. The molecule has 122 valence electrons. The summed E-state index contributed by atoms with van der Waals surface area (Å²) in [5, 5.41) is 8.97. The summed E-state index contributed by atoms with van der Waals surface area (Å²) in [5.41, 5.74) is 0.864. The Balaban J connectivity index is 1.59. The lowest BCUT2D eigenvalue weighted by Gasteiger charge is -2.29. The molecule has 0 bridgehead atoms. The summed E-state index contributed by atoms with van der Waals surface area (Å²) in [5.74, 6) is 0.206. The fraction of sp³-hybridized carbons (Fsp3) is 0.412. The van der Waals surface area contributed by atoms with Gasteiger partial charge in [-0.1, -0.05) is 6.07 Å². The number of hydrogen-bond acceptors (Lipinski definition) is 4. The van der Waals surface area contributed by atoms with Gasteiger partial charge in [-0.15, -0.1) is 0 Å². The number of carboxylic acids is 1. The molecule has 0 aliphatic carbocycles. The van der Waals surface area contributed by atoms with Crippen LogP contribution in [0.25, 0.3) is 6.08 Å². The summed E-state index contributed by atoms with van der Waals surface area (Å²) >= 11 is 0. The van der Waals surface area contributed by atoms with Gasteiger partial charge in [-0.3, -0.25) is 9.59 Å². The van der Waals surface area contributed by atoms with Gasteiger partial charge in [-0.25, -0.2) is 0 Å². The fourth-order valence-corrected chi connectivity index (χ4v) is 2.78. The molecule has 3 rings (SSSR count). The van der Waals surface area contributed by atoms with Crippen LogP contribution in [-0.4, -0.2) is 48.2 Å². The van der Waals surface area contributed by atoms with E-state index in [0.717, 1.165) is 11.3 Å². The minimum atomic E-state index is -0.774. The summed E-state index contributed by atoms with van der Waals surface area (Å²) < 4.78 is 11.0. The molecule has 0 aromatic heterocycles. The lowest BCUT2D eigenvalue weighted by molar-refractivity contribution is -0.144. The zero-order chi connectivity index (χ0) is 16.2. The molecule has 2 aliphatic heterocycles. The van der Waals surface area contributed by atoms with Crippen molar-refractivity contribution in [2.24, 2.45) is 5.92 Å². The molecular formula is C17H19NO5. The number of nitrogens with zero attached hydrogens (tertiary/aromatic N) is 1. The molecule has 23 heavy (non-hydrogen) atoms. The first-order valence-electron chi connectivity index (χ1n) is 7.73. The second kappa shape index (κ2) is 6.73. The molecule has 2 heterocycles. The number of hydrogen-bond donors (Lipinski definition) is 1. The van der Waals surface area contributed by atoms with Crippen LogP contribution in [0.2, 0.25) is 0 Å². The van der Waals surface area contributed by atoms with Crippen LogP contribution in [0.15, 0.2) is 24.3 Å². The highest BCUT2D eigenvalue weighted by molar-refractivity contribution is 5.92. The van der Waals surface area contributed by atoms with Crippen molar-refractivity contribution >= 4 is 18.0 Å². The van der Waals surface area contributed by atoms with E-state index < -0.39 is 5.97 Å². The van der Waals surface area contributed by atoms with Gasteiger partial charge >= 0.3 is 5.97 Å². The summed E-state index contributed by atoms with van der Waals surface area (Å²) in [6.45, 7) is 2.05. The molecular weight excluding hydrogens is 298 g/mol. The number of likely N-dealkylation sites (tertiary alicyclic amines) is 1. The molecule has 1 N–H and O–H groups in total. The number of carbonyl (C=O) groups excluding carboxylic acids is 1. The SMILES string of the molecule is O=C(O)C1CCN(C(=O)C=Cc2ccc3c(c2)OCCO3)CC1. The summed E-state index contributed by atoms with van der Waals surface area (Å²) in [4.78, 5) is 24.8. The van der Waals surface area contributed by atoms with Crippen LogP contribution in [0, 0.1) is 5.92 Å². The van der Waals surface area contributed by atoms with Crippen LogP contribution in [0.1, 0.15) is 18.4 Å². The van der Waals surface area contributed by atoms with E-state index in [4.69, 9.17) is 14.6 Å². The van der Waals surface area contributed by atoms with Crippen molar-refractivity contribution in [2.75, 3.05) is 26.3 Å². The monoisotopic (exact) mass is 317 g/mol. The third-order valence-electron chi connectivity index (χ3n) is 4.14. The van der Waals surface area contributed by atoms with E-state index in [-0.39, 0.29) is 11.8 Å². The minimum absolute atomic E-state index is 0.0938. The highest BCUT2D eigenvalue weighted by atomic mass is 16.6. The topological polar surface area (TPSA) is 76.1 Å². The number of rotatable bonds is 3. The molecule has 1 saturated heterocycles. The van der Waals surface area contributed by atoms with E-state index in [1.54, 1.807) is 11.0 Å². The zero-order valence-corrected chi connectivity index (χ0v) is 12.7. The molecule has 1 amide bonds. The Bertz CT molecular complexity index is 632. The van der Waals surface area contributed by atoms with Crippen LogP contribution < -0.4 is 9.47 Å². The molecule has 6 nitrogen and oxygen atoms in total. The Morgan fingerprint density at radius 2 is 1.83 bits per heavy atom. The zero-order valence-electron chi connectivity index (χ0n) is 12.7. The van der Waals surface area contributed by atoms with Crippen molar-refractivity contribution in [3.05, 3.63) is 29.8 Å². The van der Waals surface area contributed by atoms with Gasteiger partial charge in [-0.2, -0.15) is 0 Å². The molecule has 6 heteroatoms. The number of aliphatic carboxylic acids is 1. The van der Waals surface area contributed by atoms with E-state index in [9.17, 15) is 9.59 Å². The van der Waals surface area contributed by atoms with Gasteiger partial charge in [0.2, 0.25) is 5.91 Å². The highest BCUT2D eigenvalue weighted by Gasteiger charge is 2.25. The molecule has 0 spiro atoms. The molecule has 0 radical (unpaired) electrons. The third kappa shape index (κ3) is 3.64. The largest absolute Gasteiger partial charge is 0.486 e. The van der Waals surface area contributed by atoms with Gasteiger partial charge in [0, 0.05) is 19.2 Å². The van der Waals surface area contributed by atoms with E-state index in [1.165, 1.54) is 6.08 Å². The van der Waals surface area contributed by atoms with Crippen molar-refractivity contribution in [2.45, 2.75) is 12.8 Å². The Morgan fingerprint density at radius 3 is 2.52 bits per heavy atom. The van der Waals surface area contributed by atoms with Crippen LogP contribution in [0.4, 0.5) is 0 Å². The molecule has 1 aromatic rings. The Morgan fingerprint density at radius 1 is 1.13 bits per heavy atom.